The fourth-order valence-corrected chi connectivity index (χ4v) is 2.18. The molecular formula is C12H12BrNO. The zero-order chi connectivity index (χ0) is 10.7. The van der Waals surface area contributed by atoms with Crippen molar-refractivity contribution in [3.05, 3.63) is 39.9 Å². The van der Waals surface area contributed by atoms with Crippen LogP contribution < -0.4 is 5.32 Å². The number of rotatable bonds is 2. The van der Waals surface area contributed by atoms with Gasteiger partial charge in [0.15, 0.2) is 0 Å². The Labute approximate surface area is 97.5 Å². The highest BCUT2D eigenvalue weighted by Crippen LogP contribution is 2.19. The van der Waals surface area contributed by atoms with Crippen molar-refractivity contribution in [2.24, 2.45) is 0 Å². The lowest BCUT2D eigenvalue weighted by Crippen LogP contribution is -2.23. The van der Waals surface area contributed by atoms with Gasteiger partial charge < -0.3 is 10.1 Å². The molecule has 2 nitrogen and oxygen atoms in total. The van der Waals surface area contributed by atoms with E-state index < -0.39 is 0 Å². The van der Waals surface area contributed by atoms with Gasteiger partial charge in [0, 0.05) is 4.47 Å². The van der Waals surface area contributed by atoms with Crippen molar-refractivity contribution in [1.29, 1.82) is 0 Å². The zero-order valence-electron chi connectivity index (χ0n) is 8.24. The van der Waals surface area contributed by atoms with Crippen LogP contribution >= 0.6 is 15.9 Å². The predicted octanol–water partition coefficient (Wildman–Crippen LogP) is 2.39. The highest BCUT2D eigenvalue weighted by atomic mass is 79.9. The molecule has 15 heavy (non-hydrogen) atoms. The van der Waals surface area contributed by atoms with Crippen molar-refractivity contribution < 1.29 is 4.79 Å². The van der Waals surface area contributed by atoms with Crippen LogP contribution in [0.25, 0.3) is 6.08 Å². The van der Waals surface area contributed by atoms with E-state index in [9.17, 15) is 4.79 Å². The first kappa shape index (κ1) is 10.6. The maximum Gasteiger partial charge on any atom is 0.141 e. The third-order valence-corrected chi connectivity index (χ3v) is 3.01. The van der Waals surface area contributed by atoms with E-state index in [0.29, 0.717) is 0 Å². The van der Waals surface area contributed by atoms with Gasteiger partial charge in [-0.15, -0.1) is 0 Å². The topological polar surface area (TPSA) is 29.1 Å². The molecule has 2 rings (SSSR count). The molecule has 0 bridgehead atoms. The number of hydrogen-bond acceptors (Lipinski definition) is 2. The number of aldehydes is 1. The first-order valence-electron chi connectivity index (χ1n) is 4.94. The van der Waals surface area contributed by atoms with Crippen LogP contribution in [-0.2, 0) is 4.79 Å². The van der Waals surface area contributed by atoms with E-state index in [1.54, 1.807) is 0 Å². The van der Waals surface area contributed by atoms with Gasteiger partial charge in [0.1, 0.15) is 6.29 Å². The second-order valence-corrected chi connectivity index (χ2v) is 4.51. The molecule has 1 atom stereocenters. The van der Waals surface area contributed by atoms with Gasteiger partial charge in [-0.25, -0.2) is 0 Å². The van der Waals surface area contributed by atoms with E-state index in [2.05, 4.69) is 27.3 Å². The summed E-state index contributed by atoms with van der Waals surface area (Å²) in [5.74, 6) is 0. The summed E-state index contributed by atoms with van der Waals surface area (Å²) in [5.41, 5.74) is 2.30. The molecule has 78 valence electrons. The Bertz CT molecular complexity index is 400. The fourth-order valence-electron chi connectivity index (χ4n) is 1.77. The second kappa shape index (κ2) is 4.73. The van der Waals surface area contributed by atoms with Gasteiger partial charge in [-0.05, 0) is 36.2 Å². The van der Waals surface area contributed by atoms with E-state index in [1.165, 1.54) is 5.57 Å². The molecule has 0 aliphatic carbocycles. The van der Waals surface area contributed by atoms with Crippen molar-refractivity contribution in [2.75, 3.05) is 6.54 Å². The molecule has 3 heteroatoms. The Hall–Kier alpha value is -0.930. The molecule has 0 radical (unpaired) electrons. The maximum absolute atomic E-state index is 10.8. The number of carbonyl (C=O) groups is 1. The summed E-state index contributed by atoms with van der Waals surface area (Å²) in [5, 5.41) is 3.14. The lowest BCUT2D eigenvalue weighted by Gasteiger charge is -2.03. The van der Waals surface area contributed by atoms with Crippen LogP contribution in [0.4, 0.5) is 0 Å². The average Bonchev–Trinajstić information content (AvgIpc) is 2.65. The van der Waals surface area contributed by atoms with Crippen molar-refractivity contribution >= 4 is 28.3 Å². The molecule has 1 fully saturated rings. The van der Waals surface area contributed by atoms with Crippen LogP contribution in [-0.4, -0.2) is 18.9 Å². The van der Waals surface area contributed by atoms with Gasteiger partial charge in [0.25, 0.3) is 0 Å². The summed E-state index contributed by atoms with van der Waals surface area (Å²) < 4.78 is 1.06. The number of nitrogens with one attached hydrogen (secondary N) is 1. The molecule has 1 aromatic carbocycles. The van der Waals surface area contributed by atoms with E-state index in [4.69, 9.17) is 0 Å². The molecule has 0 amide bonds. The number of halogens is 1. The highest BCUT2D eigenvalue weighted by molar-refractivity contribution is 9.10. The van der Waals surface area contributed by atoms with E-state index >= 15 is 0 Å². The second-order valence-electron chi connectivity index (χ2n) is 3.59. The van der Waals surface area contributed by atoms with Crippen LogP contribution in [0.15, 0.2) is 34.3 Å². The minimum absolute atomic E-state index is 0.0935. The summed E-state index contributed by atoms with van der Waals surface area (Å²) in [6.07, 6.45) is 4.01. The lowest BCUT2D eigenvalue weighted by atomic mass is 10.1. The zero-order valence-corrected chi connectivity index (χ0v) is 9.83. The van der Waals surface area contributed by atoms with Crippen LogP contribution in [0, 0.1) is 0 Å². The van der Waals surface area contributed by atoms with Crippen LogP contribution in [0.5, 0.6) is 0 Å². The Kier molecular flexibility index (Phi) is 3.34. The fraction of sp³-hybridized carbons (Fsp3) is 0.250. The summed E-state index contributed by atoms with van der Waals surface area (Å²) in [6, 6.07) is 7.98. The van der Waals surface area contributed by atoms with Crippen LogP contribution in [0.3, 0.4) is 0 Å². The van der Waals surface area contributed by atoms with Gasteiger partial charge in [-0.1, -0.05) is 34.1 Å². The number of benzene rings is 1. The van der Waals surface area contributed by atoms with E-state index in [0.717, 1.165) is 29.3 Å². The Balaban J connectivity index is 2.25. The molecule has 1 N–H and O–H groups in total. The van der Waals surface area contributed by atoms with Crippen molar-refractivity contribution in [2.45, 2.75) is 12.5 Å². The number of carbonyl (C=O) groups excluding carboxylic acids is 1. The third kappa shape index (κ3) is 2.55. The van der Waals surface area contributed by atoms with Gasteiger partial charge in [0.05, 0.1) is 6.04 Å². The first-order chi connectivity index (χ1) is 7.29. The van der Waals surface area contributed by atoms with Gasteiger partial charge in [-0.2, -0.15) is 0 Å². The van der Waals surface area contributed by atoms with Gasteiger partial charge in [-0.3, -0.25) is 0 Å². The predicted molar refractivity (Wildman–Crippen MR) is 64.6 cm³/mol. The molecular weight excluding hydrogens is 254 g/mol. The molecule has 1 unspecified atom stereocenters. The van der Waals surface area contributed by atoms with Crippen molar-refractivity contribution in [1.82, 2.24) is 5.32 Å². The monoisotopic (exact) mass is 265 g/mol. The molecule has 0 spiro atoms. The Morgan fingerprint density at radius 1 is 1.47 bits per heavy atom. The van der Waals surface area contributed by atoms with Crippen molar-refractivity contribution in [3.63, 3.8) is 0 Å². The van der Waals surface area contributed by atoms with E-state index in [1.807, 2.05) is 24.3 Å². The standard InChI is InChI=1S/C12H12BrNO/c13-11-3-1-2-9(7-11)6-10-4-5-14-12(10)8-15/h1-3,6-8,12,14H,4-5H2. The molecule has 0 aromatic heterocycles. The molecule has 1 aliphatic rings. The Morgan fingerprint density at radius 3 is 3.07 bits per heavy atom. The number of hydrogen-bond donors (Lipinski definition) is 1. The van der Waals surface area contributed by atoms with Gasteiger partial charge >= 0.3 is 0 Å². The Morgan fingerprint density at radius 2 is 2.33 bits per heavy atom. The van der Waals surface area contributed by atoms with E-state index in [-0.39, 0.29) is 6.04 Å². The summed E-state index contributed by atoms with van der Waals surface area (Å²) in [7, 11) is 0. The van der Waals surface area contributed by atoms with Crippen LogP contribution in [0.1, 0.15) is 12.0 Å². The quantitative estimate of drug-likeness (QED) is 0.833. The smallest absolute Gasteiger partial charge is 0.141 e. The largest absolute Gasteiger partial charge is 0.304 e. The van der Waals surface area contributed by atoms with Crippen LogP contribution in [0.2, 0.25) is 0 Å². The molecule has 1 aliphatic heterocycles. The summed E-state index contributed by atoms with van der Waals surface area (Å²) >= 11 is 3.43. The molecule has 0 saturated carbocycles. The highest BCUT2D eigenvalue weighted by Gasteiger charge is 2.18. The normalized spacial score (nSPS) is 23.3. The molecule has 1 saturated heterocycles. The lowest BCUT2D eigenvalue weighted by molar-refractivity contribution is -0.108. The summed E-state index contributed by atoms with van der Waals surface area (Å²) in [6.45, 7) is 0.892. The molecule has 1 aromatic rings. The average molecular weight is 266 g/mol. The SMILES string of the molecule is O=CC1NCCC1=Cc1cccc(Br)c1. The first-order valence-corrected chi connectivity index (χ1v) is 5.73. The maximum atomic E-state index is 10.8. The molecule has 1 heterocycles. The minimum Gasteiger partial charge on any atom is -0.304 e. The van der Waals surface area contributed by atoms with Gasteiger partial charge in [0.2, 0.25) is 0 Å². The summed E-state index contributed by atoms with van der Waals surface area (Å²) in [4.78, 5) is 10.8. The minimum atomic E-state index is -0.0935. The third-order valence-electron chi connectivity index (χ3n) is 2.51. The van der Waals surface area contributed by atoms with Crippen molar-refractivity contribution in [3.8, 4) is 0 Å².